The van der Waals surface area contributed by atoms with E-state index >= 15 is 0 Å². The highest BCUT2D eigenvalue weighted by Crippen LogP contribution is 2.38. The summed E-state index contributed by atoms with van der Waals surface area (Å²) in [5, 5.41) is 9.67. The zero-order valence-corrected chi connectivity index (χ0v) is 17.8. The second-order valence-corrected chi connectivity index (χ2v) is 8.72. The lowest BCUT2D eigenvalue weighted by Gasteiger charge is -2.32. The normalized spacial score (nSPS) is 19.2. The fraction of sp³-hybridized carbons (Fsp3) is 0.348. The van der Waals surface area contributed by atoms with Gasteiger partial charge in [-0.1, -0.05) is 59.6 Å². The summed E-state index contributed by atoms with van der Waals surface area (Å²) in [4.78, 5) is 2.56. The molecular weight excluding hydrogens is 403 g/mol. The van der Waals surface area contributed by atoms with E-state index in [0.717, 1.165) is 44.1 Å². The van der Waals surface area contributed by atoms with E-state index in [0.29, 0.717) is 16.0 Å². The van der Waals surface area contributed by atoms with Gasteiger partial charge in [-0.3, -0.25) is 4.90 Å². The Morgan fingerprint density at radius 3 is 2.79 bits per heavy atom. The largest absolute Gasteiger partial charge is 0.369 e. The number of rotatable bonds is 4. The summed E-state index contributed by atoms with van der Waals surface area (Å²) in [6.07, 6.45) is 3.39. The summed E-state index contributed by atoms with van der Waals surface area (Å²) in [5.74, 6) is 1.52. The quantitative estimate of drug-likeness (QED) is 0.595. The van der Waals surface area contributed by atoms with E-state index in [4.69, 9.17) is 28.3 Å². The molecule has 0 saturated carbocycles. The first kappa shape index (κ1) is 19.0. The minimum atomic E-state index is 0.445. The number of piperidine rings is 1. The Bertz CT molecular complexity index is 1020. The average molecular weight is 427 g/mol. The molecule has 0 aliphatic carbocycles. The molecule has 2 aliphatic heterocycles. The van der Waals surface area contributed by atoms with Gasteiger partial charge in [0.1, 0.15) is 5.82 Å². The Morgan fingerprint density at radius 2 is 1.93 bits per heavy atom. The highest BCUT2D eigenvalue weighted by Gasteiger charge is 2.31. The molecule has 0 radical (unpaired) electrons. The number of likely N-dealkylation sites (tertiary alicyclic amines) is 1. The molecule has 0 amide bonds. The fourth-order valence-corrected chi connectivity index (χ4v) is 5.00. The lowest BCUT2D eigenvalue weighted by Crippen LogP contribution is -2.34. The number of fused-ring (bicyclic) bond motifs is 1. The van der Waals surface area contributed by atoms with Crippen LogP contribution in [-0.2, 0) is 13.0 Å². The van der Waals surface area contributed by atoms with Crippen LogP contribution in [-0.4, -0.2) is 34.3 Å². The van der Waals surface area contributed by atoms with Gasteiger partial charge in [-0.15, -0.1) is 0 Å². The van der Waals surface area contributed by atoms with Crippen molar-refractivity contribution in [3.63, 3.8) is 0 Å². The van der Waals surface area contributed by atoms with Crippen LogP contribution >= 0.6 is 23.2 Å². The van der Waals surface area contributed by atoms with Crippen molar-refractivity contribution in [1.82, 2.24) is 14.7 Å². The summed E-state index contributed by atoms with van der Waals surface area (Å²) in [6, 6.07) is 16.4. The van der Waals surface area contributed by atoms with Crippen LogP contribution in [0.1, 0.15) is 35.6 Å². The predicted molar refractivity (Wildman–Crippen MR) is 119 cm³/mol. The van der Waals surface area contributed by atoms with E-state index in [9.17, 15) is 0 Å². The van der Waals surface area contributed by atoms with Crippen molar-refractivity contribution >= 4 is 29.0 Å². The highest BCUT2D eigenvalue weighted by atomic mass is 35.5. The van der Waals surface area contributed by atoms with Crippen molar-refractivity contribution in [2.75, 3.05) is 25.0 Å². The number of hydrogen-bond donors (Lipinski definition) is 1. The summed E-state index contributed by atoms with van der Waals surface area (Å²) < 4.78 is 1.96. The SMILES string of the molecule is Clc1cccc(-n2nc(C3CCCN(Cc4ccccc4)C3)c3c2NCC3)c1Cl. The molecule has 3 heterocycles. The smallest absolute Gasteiger partial charge is 0.133 e. The third kappa shape index (κ3) is 3.65. The van der Waals surface area contributed by atoms with Crippen LogP contribution in [0.15, 0.2) is 48.5 Å². The molecule has 1 fully saturated rings. The molecule has 2 aromatic carbocycles. The van der Waals surface area contributed by atoms with Gasteiger partial charge in [0.2, 0.25) is 0 Å². The van der Waals surface area contributed by atoms with E-state index in [1.165, 1.54) is 29.7 Å². The summed E-state index contributed by atoms with van der Waals surface area (Å²) in [7, 11) is 0. The van der Waals surface area contributed by atoms with Crippen molar-refractivity contribution in [2.24, 2.45) is 0 Å². The van der Waals surface area contributed by atoms with Crippen LogP contribution in [0.4, 0.5) is 5.82 Å². The molecule has 1 aromatic heterocycles. The molecular formula is C23H24Cl2N4. The highest BCUT2D eigenvalue weighted by molar-refractivity contribution is 6.43. The Balaban J connectivity index is 1.45. The molecule has 1 atom stereocenters. The number of anilines is 1. The number of hydrogen-bond acceptors (Lipinski definition) is 3. The molecule has 0 bridgehead atoms. The molecule has 4 nitrogen and oxygen atoms in total. The van der Waals surface area contributed by atoms with Crippen LogP contribution in [0.2, 0.25) is 10.0 Å². The summed E-state index contributed by atoms with van der Waals surface area (Å²) >= 11 is 12.8. The molecule has 1 saturated heterocycles. The molecule has 1 unspecified atom stereocenters. The van der Waals surface area contributed by atoms with Gasteiger partial charge in [0.15, 0.2) is 0 Å². The van der Waals surface area contributed by atoms with E-state index in [1.807, 2.05) is 22.9 Å². The van der Waals surface area contributed by atoms with Gasteiger partial charge in [-0.2, -0.15) is 5.10 Å². The third-order valence-corrected chi connectivity index (χ3v) is 6.79. The minimum Gasteiger partial charge on any atom is -0.369 e. The monoisotopic (exact) mass is 426 g/mol. The number of nitrogens with zero attached hydrogens (tertiary/aromatic N) is 3. The molecule has 6 heteroatoms. The lowest BCUT2D eigenvalue weighted by atomic mass is 9.91. The van der Waals surface area contributed by atoms with Crippen LogP contribution in [0, 0.1) is 0 Å². The second kappa shape index (κ2) is 8.02. The van der Waals surface area contributed by atoms with Gasteiger partial charge in [0.25, 0.3) is 0 Å². The predicted octanol–water partition coefficient (Wildman–Crippen LogP) is 5.53. The summed E-state index contributed by atoms with van der Waals surface area (Å²) in [6.45, 7) is 4.13. The fourth-order valence-electron chi connectivity index (χ4n) is 4.62. The first-order chi connectivity index (χ1) is 14.2. The van der Waals surface area contributed by atoms with Gasteiger partial charge in [-0.25, -0.2) is 4.68 Å². The molecule has 1 N–H and O–H groups in total. The Morgan fingerprint density at radius 1 is 1.07 bits per heavy atom. The standard InChI is InChI=1S/C23H24Cl2N4/c24-19-9-4-10-20(21(19)25)29-23-18(11-12-26-23)22(27-29)17-8-5-13-28(15-17)14-16-6-2-1-3-7-16/h1-4,6-7,9-10,17,26H,5,8,11-15H2. The summed E-state index contributed by atoms with van der Waals surface area (Å²) in [5.41, 5.74) is 4.77. The first-order valence-electron chi connectivity index (χ1n) is 10.3. The number of halogens is 2. The molecule has 2 aliphatic rings. The topological polar surface area (TPSA) is 33.1 Å². The first-order valence-corrected chi connectivity index (χ1v) is 11.0. The Hall–Kier alpha value is -2.01. The van der Waals surface area contributed by atoms with Gasteiger partial charge in [-0.05, 0) is 43.5 Å². The zero-order chi connectivity index (χ0) is 19.8. The molecule has 29 heavy (non-hydrogen) atoms. The van der Waals surface area contributed by atoms with Gasteiger partial charge < -0.3 is 5.32 Å². The molecule has 5 rings (SSSR count). The average Bonchev–Trinajstić information content (AvgIpc) is 3.34. The maximum Gasteiger partial charge on any atom is 0.133 e. The van der Waals surface area contributed by atoms with E-state index < -0.39 is 0 Å². The van der Waals surface area contributed by atoms with E-state index in [2.05, 4.69) is 40.5 Å². The van der Waals surface area contributed by atoms with Crippen molar-refractivity contribution in [3.8, 4) is 5.69 Å². The third-order valence-electron chi connectivity index (χ3n) is 5.98. The van der Waals surface area contributed by atoms with E-state index in [1.54, 1.807) is 0 Å². The maximum atomic E-state index is 6.51. The number of nitrogens with one attached hydrogen (secondary N) is 1. The van der Waals surface area contributed by atoms with Gasteiger partial charge >= 0.3 is 0 Å². The van der Waals surface area contributed by atoms with E-state index in [-0.39, 0.29) is 0 Å². The number of benzene rings is 2. The second-order valence-electron chi connectivity index (χ2n) is 7.93. The zero-order valence-electron chi connectivity index (χ0n) is 16.2. The van der Waals surface area contributed by atoms with Crippen molar-refractivity contribution in [1.29, 1.82) is 0 Å². The van der Waals surface area contributed by atoms with Crippen molar-refractivity contribution in [2.45, 2.75) is 31.7 Å². The van der Waals surface area contributed by atoms with Crippen LogP contribution in [0.5, 0.6) is 0 Å². The Kier molecular flexibility index (Phi) is 5.25. The van der Waals surface area contributed by atoms with Crippen LogP contribution in [0.25, 0.3) is 5.69 Å². The molecule has 0 spiro atoms. The van der Waals surface area contributed by atoms with Crippen LogP contribution < -0.4 is 5.32 Å². The minimum absolute atomic E-state index is 0.445. The van der Waals surface area contributed by atoms with Gasteiger partial charge in [0.05, 0.1) is 21.4 Å². The maximum absolute atomic E-state index is 6.51. The van der Waals surface area contributed by atoms with Crippen molar-refractivity contribution < 1.29 is 0 Å². The van der Waals surface area contributed by atoms with Crippen LogP contribution in [0.3, 0.4) is 0 Å². The number of aromatic nitrogens is 2. The lowest BCUT2D eigenvalue weighted by molar-refractivity contribution is 0.198. The molecule has 3 aromatic rings. The van der Waals surface area contributed by atoms with Gasteiger partial charge in [0, 0.05) is 31.1 Å². The van der Waals surface area contributed by atoms with Crippen molar-refractivity contribution in [3.05, 3.63) is 75.4 Å². The molecule has 150 valence electrons. The Labute approximate surface area is 181 Å².